The smallest absolute Gasteiger partial charge is 0.230 e. The van der Waals surface area contributed by atoms with Crippen molar-refractivity contribution >= 4 is 23.4 Å². The Morgan fingerprint density at radius 2 is 2.21 bits per heavy atom. The number of ether oxygens (including phenoxy) is 2. The first-order valence-electron chi connectivity index (χ1n) is 10.2. The van der Waals surface area contributed by atoms with Gasteiger partial charge in [0.25, 0.3) is 0 Å². The van der Waals surface area contributed by atoms with Gasteiger partial charge in [0, 0.05) is 24.7 Å². The normalized spacial score (nSPS) is 29.7. The molecule has 2 unspecified atom stereocenters. The molecule has 3 aliphatic rings. The minimum absolute atomic E-state index is 0.0416. The predicted octanol–water partition coefficient (Wildman–Crippen LogP) is 2.55. The number of amides is 2. The second-order valence-electron chi connectivity index (χ2n) is 8.25. The van der Waals surface area contributed by atoms with Crippen LogP contribution in [0.5, 0.6) is 0 Å². The first-order valence-corrected chi connectivity index (χ1v) is 10.6. The molecule has 2 saturated heterocycles. The van der Waals surface area contributed by atoms with Crippen LogP contribution in [0.25, 0.3) is 0 Å². The molecule has 0 radical (unpaired) electrons. The lowest BCUT2D eigenvalue weighted by Crippen LogP contribution is -2.44. The summed E-state index contributed by atoms with van der Waals surface area (Å²) in [6.07, 6.45) is 4.47. The highest BCUT2D eigenvalue weighted by Crippen LogP contribution is 2.52. The fraction of sp³-hybridized carbons (Fsp3) is 0.545. The van der Waals surface area contributed by atoms with Gasteiger partial charge in [0.05, 0.1) is 30.6 Å². The van der Waals surface area contributed by atoms with E-state index in [1.165, 1.54) is 0 Å². The maximum absolute atomic E-state index is 13.2. The van der Waals surface area contributed by atoms with E-state index >= 15 is 0 Å². The molecule has 7 heteroatoms. The highest BCUT2D eigenvalue weighted by molar-refractivity contribution is 6.31. The van der Waals surface area contributed by atoms with Crippen LogP contribution in [0.2, 0.25) is 5.02 Å². The van der Waals surface area contributed by atoms with Gasteiger partial charge in [-0.25, -0.2) is 0 Å². The summed E-state index contributed by atoms with van der Waals surface area (Å²) in [4.78, 5) is 27.9. The lowest BCUT2D eigenvalue weighted by atomic mass is 9.77. The van der Waals surface area contributed by atoms with E-state index in [4.69, 9.17) is 21.1 Å². The summed E-state index contributed by atoms with van der Waals surface area (Å²) in [5.41, 5.74) is 0.190. The number of rotatable bonds is 8. The standard InChI is InChI=1S/C22H27ClN2O4/c1-14(2)28-11-5-10-24-20(26)18-17-8-9-22(29-17)13-25(21(27)19(18)22)12-15-6-3-4-7-16(15)23/h3-4,6-9,14,17-19H,5,10-13H2,1-2H3,(H,24,26)/t17-,18?,19-,22?/m0/s1. The molecule has 156 valence electrons. The third kappa shape index (κ3) is 3.81. The van der Waals surface area contributed by atoms with E-state index < -0.39 is 17.4 Å². The highest BCUT2D eigenvalue weighted by Gasteiger charge is 2.66. The van der Waals surface area contributed by atoms with Crippen LogP contribution in [0.1, 0.15) is 25.8 Å². The molecule has 4 atom stereocenters. The molecule has 1 aromatic carbocycles. The van der Waals surface area contributed by atoms with Gasteiger partial charge in [-0.05, 0) is 31.9 Å². The number of carbonyl (C=O) groups excluding carboxylic acids is 2. The van der Waals surface area contributed by atoms with Gasteiger partial charge in [0.2, 0.25) is 11.8 Å². The maximum Gasteiger partial charge on any atom is 0.230 e. The third-order valence-corrected chi connectivity index (χ3v) is 6.24. The molecule has 29 heavy (non-hydrogen) atoms. The van der Waals surface area contributed by atoms with Crippen LogP contribution < -0.4 is 5.32 Å². The van der Waals surface area contributed by atoms with Gasteiger partial charge >= 0.3 is 0 Å². The second kappa shape index (κ2) is 8.09. The van der Waals surface area contributed by atoms with Crippen molar-refractivity contribution in [1.29, 1.82) is 0 Å². The zero-order valence-corrected chi connectivity index (χ0v) is 17.5. The Labute approximate surface area is 176 Å². The minimum Gasteiger partial charge on any atom is -0.379 e. The summed E-state index contributed by atoms with van der Waals surface area (Å²) in [6.45, 7) is 5.95. The predicted molar refractivity (Wildman–Crippen MR) is 109 cm³/mol. The van der Waals surface area contributed by atoms with Crippen molar-refractivity contribution in [3.63, 3.8) is 0 Å². The number of halogens is 1. The summed E-state index contributed by atoms with van der Waals surface area (Å²) in [6, 6.07) is 7.50. The zero-order valence-electron chi connectivity index (χ0n) is 16.8. The van der Waals surface area contributed by atoms with E-state index in [-0.39, 0.29) is 24.0 Å². The monoisotopic (exact) mass is 418 g/mol. The molecule has 0 aromatic heterocycles. The van der Waals surface area contributed by atoms with Gasteiger partial charge < -0.3 is 19.7 Å². The molecule has 2 fully saturated rings. The molecule has 6 nitrogen and oxygen atoms in total. The van der Waals surface area contributed by atoms with E-state index in [0.29, 0.717) is 31.3 Å². The summed E-state index contributed by atoms with van der Waals surface area (Å²) in [7, 11) is 0. The van der Waals surface area contributed by atoms with Crippen molar-refractivity contribution in [2.45, 2.75) is 44.6 Å². The van der Waals surface area contributed by atoms with E-state index in [1.54, 1.807) is 4.90 Å². The van der Waals surface area contributed by atoms with Crippen LogP contribution in [0.3, 0.4) is 0 Å². The van der Waals surface area contributed by atoms with E-state index in [1.807, 2.05) is 50.3 Å². The Bertz CT molecular complexity index is 827. The average Bonchev–Trinajstić information content (AvgIpc) is 3.31. The highest BCUT2D eigenvalue weighted by atomic mass is 35.5. The lowest BCUT2D eigenvalue weighted by Gasteiger charge is -2.23. The first kappa shape index (κ1) is 20.4. The van der Waals surface area contributed by atoms with Crippen molar-refractivity contribution in [1.82, 2.24) is 10.2 Å². The molecule has 2 amide bonds. The molecule has 0 aliphatic carbocycles. The summed E-state index contributed by atoms with van der Waals surface area (Å²) < 4.78 is 11.7. The van der Waals surface area contributed by atoms with Crippen LogP contribution >= 0.6 is 11.6 Å². The Kier molecular flexibility index (Phi) is 5.69. The van der Waals surface area contributed by atoms with Gasteiger partial charge in [0.15, 0.2) is 0 Å². The molecular formula is C22H27ClN2O4. The van der Waals surface area contributed by atoms with Gasteiger partial charge in [-0.15, -0.1) is 0 Å². The van der Waals surface area contributed by atoms with Crippen LogP contribution in [0, 0.1) is 11.8 Å². The molecule has 1 aromatic rings. The number of likely N-dealkylation sites (tertiary alicyclic amines) is 1. The van der Waals surface area contributed by atoms with E-state index in [2.05, 4.69) is 5.32 Å². The van der Waals surface area contributed by atoms with Crippen LogP contribution in [-0.4, -0.2) is 54.2 Å². The Balaban J connectivity index is 1.42. The number of benzene rings is 1. The number of hydrogen-bond donors (Lipinski definition) is 1. The SMILES string of the molecule is CC(C)OCCCNC(=O)C1[C@@H]2C=CC3(CN(Cc4ccccc4Cl)C(=O)[C@H]13)O2. The number of carbonyl (C=O) groups is 2. The Morgan fingerprint density at radius 1 is 1.41 bits per heavy atom. The van der Waals surface area contributed by atoms with Gasteiger partial charge in [-0.1, -0.05) is 42.0 Å². The molecular weight excluding hydrogens is 392 g/mol. The molecule has 1 spiro atoms. The second-order valence-corrected chi connectivity index (χ2v) is 8.66. The average molecular weight is 419 g/mol. The van der Waals surface area contributed by atoms with Gasteiger partial charge in [0.1, 0.15) is 5.60 Å². The maximum atomic E-state index is 13.2. The molecule has 3 aliphatic heterocycles. The summed E-state index contributed by atoms with van der Waals surface area (Å²) >= 11 is 6.27. The van der Waals surface area contributed by atoms with Crippen molar-refractivity contribution in [3.05, 3.63) is 47.0 Å². The van der Waals surface area contributed by atoms with Crippen LogP contribution in [-0.2, 0) is 25.6 Å². The van der Waals surface area contributed by atoms with Gasteiger partial charge in [-0.2, -0.15) is 0 Å². The molecule has 0 saturated carbocycles. The number of nitrogens with one attached hydrogen (secondary N) is 1. The van der Waals surface area contributed by atoms with Crippen molar-refractivity contribution in [2.75, 3.05) is 19.7 Å². The number of nitrogens with zero attached hydrogens (tertiary/aromatic N) is 1. The largest absolute Gasteiger partial charge is 0.379 e. The molecule has 4 rings (SSSR count). The van der Waals surface area contributed by atoms with Crippen LogP contribution in [0.4, 0.5) is 0 Å². The lowest BCUT2D eigenvalue weighted by molar-refractivity contribution is -0.137. The van der Waals surface area contributed by atoms with E-state index in [0.717, 1.165) is 12.0 Å². The summed E-state index contributed by atoms with van der Waals surface area (Å²) in [5, 5.41) is 3.59. The Morgan fingerprint density at radius 3 is 2.97 bits per heavy atom. The van der Waals surface area contributed by atoms with Crippen molar-refractivity contribution in [3.8, 4) is 0 Å². The first-order chi connectivity index (χ1) is 13.9. The molecule has 3 heterocycles. The van der Waals surface area contributed by atoms with E-state index in [9.17, 15) is 9.59 Å². The summed E-state index contributed by atoms with van der Waals surface area (Å²) in [5.74, 6) is -1.13. The fourth-order valence-electron chi connectivity index (χ4n) is 4.56. The quantitative estimate of drug-likeness (QED) is 0.520. The number of hydrogen-bond acceptors (Lipinski definition) is 4. The van der Waals surface area contributed by atoms with Crippen molar-refractivity contribution < 1.29 is 19.1 Å². The topological polar surface area (TPSA) is 67.9 Å². The zero-order chi connectivity index (χ0) is 20.6. The van der Waals surface area contributed by atoms with Crippen LogP contribution in [0.15, 0.2) is 36.4 Å². The fourth-order valence-corrected chi connectivity index (χ4v) is 4.76. The Hall–Kier alpha value is -1.89. The molecule has 2 bridgehead atoms. The number of fused-ring (bicyclic) bond motifs is 1. The van der Waals surface area contributed by atoms with Gasteiger partial charge in [-0.3, -0.25) is 9.59 Å². The minimum atomic E-state index is -0.703. The molecule has 1 N–H and O–H groups in total. The van der Waals surface area contributed by atoms with Crippen molar-refractivity contribution in [2.24, 2.45) is 11.8 Å². The third-order valence-electron chi connectivity index (χ3n) is 5.87.